The SMILES string of the molecule is COc1ccc(O[C@H](c2ccccc2)[C@H](C)O)cc1. The second-order valence-corrected chi connectivity index (χ2v) is 4.37. The molecule has 0 aliphatic rings. The fourth-order valence-electron chi connectivity index (χ4n) is 1.89. The molecule has 0 radical (unpaired) electrons. The highest BCUT2D eigenvalue weighted by atomic mass is 16.5. The number of ether oxygens (including phenoxy) is 2. The van der Waals surface area contributed by atoms with Crippen molar-refractivity contribution in [2.24, 2.45) is 0 Å². The molecule has 2 aromatic rings. The van der Waals surface area contributed by atoms with Gasteiger partial charge in [0.05, 0.1) is 13.2 Å². The predicted molar refractivity (Wildman–Crippen MR) is 74.5 cm³/mol. The van der Waals surface area contributed by atoms with E-state index in [1.807, 2.05) is 54.6 Å². The van der Waals surface area contributed by atoms with Crippen LogP contribution in [-0.4, -0.2) is 18.3 Å². The highest BCUT2D eigenvalue weighted by Crippen LogP contribution is 2.26. The Morgan fingerprint density at radius 3 is 2.00 bits per heavy atom. The summed E-state index contributed by atoms with van der Waals surface area (Å²) in [5.74, 6) is 1.48. The van der Waals surface area contributed by atoms with Gasteiger partial charge in [0.2, 0.25) is 0 Å². The Labute approximate surface area is 113 Å². The zero-order valence-corrected chi connectivity index (χ0v) is 11.1. The molecule has 0 spiro atoms. The van der Waals surface area contributed by atoms with Crippen molar-refractivity contribution in [1.82, 2.24) is 0 Å². The van der Waals surface area contributed by atoms with E-state index in [2.05, 4.69) is 0 Å². The average Bonchev–Trinajstić information content (AvgIpc) is 2.46. The largest absolute Gasteiger partial charge is 0.497 e. The van der Waals surface area contributed by atoms with E-state index in [0.717, 1.165) is 11.3 Å². The quantitative estimate of drug-likeness (QED) is 0.895. The number of hydrogen-bond donors (Lipinski definition) is 1. The van der Waals surface area contributed by atoms with Gasteiger partial charge < -0.3 is 14.6 Å². The van der Waals surface area contributed by atoms with Crippen molar-refractivity contribution in [3.8, 4) is 11.5 Å². The molecule has 0 aliphatic heterocycles. The van der Waals surface area contributed by atoms with E-state index in [1.54, 1.807) is 14.0 Å². The van der Waals surface area contributed by atoms with Crippen molar-refractivity contribution in [3.63, 3.8) is 0 Å². The summed E-state index contributed by atoms with van der Waals surface area (Å²) in [6.45, 7) is 1.72. The number of benzene rings is 2. The Morgan fingerprint density at radius 1 is 0.895 bits per heavy atom. The predicted octanol–water partition coefficient (Wildman–Crippen LogP) is 3.20. The zero-order valence-electron chi connectivity index (χ0n) is 11.1. The third-order valence-corrected chi connectivity index (χ3v) is 2.89. The molecule has 0 unspecified atom stereocenters. The maximum absolute atomic E-state index is 9.88. The first-order valence-corrected chi connectivity index (χ1v) is 6.24. The van der Waals surface area contributed by atoms with Gasteiger partial charge >= 0.3 is 0 Å². The van der Waals surface area contributed by atoms with Crippen LogP contribution in [0.15, 0.2) is 54.6 Å². The zero-order chi connectivity index (χ0) is 13.7. The maximum atomic E-state index is 9.88. The summed E-state index contributed by atoms with van der Waals surface area (Å²) in [5, 5.41) is 9.88. The summed E-state index contributed by atoms with van der Waals surface area (Å²) in [5.41, 5.74) is 0.952. The Morgan fingerprint density at radius 2 is 1.47 bits per heavy atom. The van der Waals surface area contributed by atoms with Crippen LogP contribution >= 0.6 is 0 Å². The van der Waals surface area contributed by atoms with Crippen LogP contribution in [0.2, 0.25) is 0 Å². The Kier molecular flexibility index (Phi) is 4.42. The van der Waals surface area contributed by atoms with Crippen LogP contribution in [-0.2, 0) is 0 Å². The summed E-state index contributed by atoms with van der Waals surface area (Å²) >= 11 is 0. The number of aliphatic hydroxyl groups excluding tert-OH is 1. The van der Waals surface area contributed by atoms with Crippen molar-refractivity contribution >= 4 is 0 Å². The van der Waals surface area contributed by atoms with E-state index in [-0.39, 0.29) is 6.10 Å². The van der Waals surface area contributed by atoms with E-state index in [1.165, 1.54) is 0 Å². The second-order valence-electron chi connectivity index (χ2n) is 4.37. The first-order chi connectivity index (χ1) is 9.20. The van der Waals surface area contributed by atoms with Gasteiger partial charge in [0.1, 0.15) is 17.6 Å². The van der Waals surface area contributed by atoms with Gasteiger partial charge in [0.25, 0.3) is 0 Å². The van der Waals surface area contributed by atoms with E-state index in [9.17, 15) is 5.11 Å². The van der Waals surface area contributed by atoms with Crippen molar-refractivity contribution in [2.75, 3.05) is 7.11 Å². The highest BCUT2D eigenvalue weighted by Gasteiger charge is 2.18. The molecule has 2 atom stereocenters. The lowest BCUT2D eigenvalue weighted by atomic mass is 10.1. The number of hydrogen-bond acceptors (Lipinski definition) is 3. The Bertz CT molecular complexity index is 491. The second kappa shape index (κ2) is 6.25. The average molecular weight is 258 g/mol. The normalized spacial score (nSPS) is 13.6. The van der Waals surface area contributed by atoms with Crippen LogP contribution in [0.4, 0.5) is 0 Å². The van der Waals surface area contributed by atoms with Gasteiger partial charge in [0.15, 0.2) is 0 Å². The molecule has 0 aliphatic carbocycles. The first-order valence-electron chi connectivity index (χ1n) is 6.24. The molecule has 100 valence electrons. The van der Waals surface area contributed by atoms with E-state index in [0.29, 0.717) is 5.75 Å². The lowest BCUT2D eigenvalue weighted by Gasteiger charge is -2.22. The molecule has 19 heavy (non-hydrogen) atoms. The molecule has 2 aromatic carbocycles. The maximum Gasteiger partial charge on any atom is 0.149 e. The topological polar surface area (TPSA) is 38.7 Å². The molecule has 3 heteroatoms. The molecular weight excluding hydrogens is 240 g/mol. The summed E-state index contributed by atoms with van der Waals surface area (Å²) in [6.07, 6.45) is -0.973. The van der Waals surface area contributed by atoms with Gasteiger partial charge in [-0.2, -0.15) is 0 Å². The summed E-state index contributed by atoms with van der Waals surface area (Å²) in [7, 11) is 1.62. The fraction of sp³-hybridized carbons (Fsp3) is 0.250. The Hall–Kier alpha value is -2.00. The minimum absolute atomic E-state index is 0.380. The van der Waals surface area contributed by atoms with Crippen molar-refractivity contribution in [1.29, 1.82) is 0 Å². The summed E-state index contributed by atoms with van der Waals surface area (Å²) in [6, 6.07) is 17.0. The monoisotopic (exact) mass is 258 g/mol. The van der Waals surface area contributed by atoms with Gasteiger partial charge in [-0.1, -0.05) is 30.3 Å². The van der Waals surface area contributed by atoms with Crippen LogP contribution in [0.25, 0.3) is 0 Å². The van der Waals surface area contributed by atoms with Gasteiger partial charge in [0, 0.05) is 0 Å². The minimum atomic E-state index is -0.593. The highest BCUT2D eigenvalue weighted by molar-refractivity contribution is 5.32. The minimum Gasteiger partial charge on any atom is -0.497 e. The number of aliphatic hydroxyl groups is 1. The van der Waals surface area contributed by atoms with Gasteiger partial charge in [-0.3, -0.25) is 0 Å². The molecule has 1 N–H and O–H groups in total. The van der Waals surface area contributed by atoms with Crippen molar-refractivity contribution in [3.05, 3.63) is 60.2 Å². The van der Waals surface area contributed by atoms with Crippen LogP contribution in [0, 0.1) is 0 Å². The molecule has 0 saturated carbocycles. The molecule has 0 fully saturated rings. The first kappa shape index (κ1) is 13.4. The number of rotatable bonds is 5. The number of methoxy groups -OCH3 is 1. The molecule has 3 nitrogen and oxygen atoms in total. The Balaban J connectivity index is 2.17. The molecular formula is C16H18O3. The van der Waals surface area contributed by atoms with Crippen LogP contribution in [0.5, 0.6) is 11.5 Å². The van der Waals surface area contributed by atoms with Crippen molar-refractivity contribution < 1.29 is 14.6 Å². The molecule has 0 heterocycles. The fourth-order valence-corrected chi connectivity index (χ4v) is 1.89. The van der Waals surface area contributed by atoms with E-state index < -0.39 is 6.10 Å². The van der Waals surface area contributed by atoms with E-state index in [4.69, 9.17) is 9.47 Å². The van der Waals surface area contributed by atoms with Gasteiger partial charge in [-0.25, -0.2) is 0 Å². The molecule has 0 bridgehead atoms. The van der Waals surface area contributed by atoms with Gasteiger partial charge in [-0.05, 0) is 36.8 Å². The molecule has 0 saturated heterocycles. The molecule has 0 aromatic heterocycles. The van der Waals surface area contributed by atoms with Crippen LogP contribution in [0.3, 0.4) is 0 Å². The summed E-state index contributed by atoms with van der Waals surface area (Å²) < 4.78 is 11.0. The van der Waals surface area contributed by atoms with Crippen molar-refractivity contribution in [2.45, 2.75) is 19.1 Å². The standard InChI is InChI=1S/C16H18O3/c1-12(17)16(13-6-4-3-5-7-13)19-15-10-8-14(18-2)9-11-15/h3-12,16-17H,1-2H3/t12-,16-/m0/s1. The molecule has 2 rings (SSSR count). The lowest BCUT2D eigenvalue weighted by Crippen LogP contribution is -2.20. The summed E-state index contributed by atoms with van der Waals surface area (Å²) in [4.78, 5) is 0. The van der Waals surface area contributed by atoms with Crippen LogP contribution in [0.1, 0.15) is 18.6 Å². The third-order valence-electron chi connectivity index (χ3n) is 2.89. The third kappa shape index (κ3) is 3.48. The molecule has 0 amide bonds. The van der Waals surface area contributed by atoms with Crippen LogP contribution < -0.4 is 9.47 Å². The smallest absolute Gasteiger partial charge is 0.149 e. The van der Waals surface area contributed by atoms with E-state index >= 15 is 0 Å². The lowest BCUT2D eigenvalue weighted by molar-refractivity contribution is 0.0480. The van der Waals surface area contributed by atoms with Gasteiger partial charge in [-0.15, -0.1) is 0 Å².